The molecule has 1 spiro atoms. The van der Waals surface area contributed by atoms with Crippen molar-refractivity contribution in [1.29, 1.82) is 0 Å². The standard InChI is InChI=1S/C31H43F3N4O2/c1-21(2)38-29(40)36(20-31(32,33)34)19-30(38)14-25-12-13-26(15-30)37(25)17-24-16-35(28(39)23-10-6-7-11-23)18-27(24)22-8-4-3-5-9-22/h3-5,8-9,21,23-27H,6-7,10-20H2,1-2H3/t24-,25?,26?,27-,30?/m1/s1. The second-order valence-corrected chi connectivity index (χ2v) is 13.4. The van der Waals surface area contributed by atoms with Gasteiger partial charge in [0, 0.05) is 56.1 Å². The summed E-state index contributed by atoms with van der Waals surface area (Å²) in [5, 5.41) is 0. The van der Waals surface area contributed by atoms with Gasteiger partial charge in [-0.1, -0.05) is 43.2 Å². The lowest BCUT2D eigenvalue weighted by atomic mass is 9.80. The Hall–Kier alpha value is -2.29. The summed E-state index contributed by atoms with van der Waals surface area (Å²) in [5.74, 6) is 1.09. The summed E-state index contributed by atoms with van der Waals surface area (Å²) >= 11 is 0. The van der Waals surface area contributed by atoms with Gasteiger partial charge in [-0.3, -0.25) is 9.69 Å². The highest BCUT2D eigenvalue weighted by atomic mass is 19.4. The minimum atomic E-state index is -4.40. The maximum Gasteiger partial charge on any atom is 0.406 e. The monoisotopic (exact) mass is 560 g/mol. The van der Waals surface area contributed by atoms with Gasteiger partial charge in [-0.2, -0.15) is 13.2 Å². The van der Waals surface area contributed by atoms with Gasteiger partial charge in [-0.05, 0) is 63.9 Å². The van der Waals surface area contributed by atoms with E-state index in [0.717, 1.165) is 75.9 Å². The molecule has 6 nitrogen and oxygen atoms in total. The molecule has 0 radical (unpaired) electrons. The summed E-state index contributed by atoms with van der Waals surface area (Å²) in [5.41, 5.74) is 0.739. The van der Waals surface area contributed by atoms with E-state index in [1.165, 1.54) is 5.56 Å². The molecular weight excluding hydrogens is 517 g/mol. The van der Waals surface area contributed by atoms with Crippen LogP contribution < -0.4 is 0 Å². The summed E-state index contributed by atoms with van der Waals surface area (Å²) in [6, 6.07) is 10.4. The van der Waals surface area contributed by atoms with E-state index in [1.54, 1.807) is 4.90 Å². The quantitative estimate of drug-likeness (QED) is 0.462. The number of halogens is 3. The number of piperidine rings is 1. The minimum Gasteiger partial charge on any atom is -0.341 e. The molecule has 0 N–H and O–H groups in total. The topological polar surface area (TPSA) is 47.1 Å². The van der Waals surface area contributed by atoms with Crippen molar-refractivity contribution in [2.75, 3.05) is 32.7 Å². The number of benzene rings is 1. The van der Waals surface area contributed by atoms with Crippen molar-refractivity contribution < 1.29 is 22.8 Å². The lowest BCUT2D eigenvalue weighted by Gasteiger charge is -2.50. The van der Waals surface area contributed by atoms with Crippen LogP contribution in [0.5, 0.6) is 0 Å². The Bertz CT molecular complexity index is 1080. The Balaban J connectivity index is 1.20. The maximum absolute atomic E-state index is 13.4. The molecule has 0 aromatic heterocycles. The molecule has 1 aliphatic carbocycles. The number of rotatable bonds is 6. The molecule has 6 rings (SSSR count). The molecule has 4 saturated heterocycles. The molecule has 4 heterocycles. The van der Waals surface area contributed by atoms with Gasteiger partial charge < -0.3 is 14.7 Å². The van der Waals surface area contributed by atoms with Crippen molar-refractivity contribution in [2.45, 2.75) is 101 Å². The summed E-state index contributed by atoms with van der Waals surface area (Å²) in [7, 11) is 0. The Morgan fingerprint density at radius 3 is 2.25 bits per heavy atom. The first-order valence-electron chi connectivity index (χ1n) is 15.3. The van der Waals surface area contributed by atoms with Crippen LogP contribution in [0.25, 0.3) is 0 Å². The van der Waals surface area contributed by atoms with Gasteiger partial charge in [-0.15, -0.1) is 0 Å². The third-order valence-electron chi connectivity index (χ3n) is 10.5. The minimum absolute atomic E-state index is 0.149. The van der Waals surface area contributed by atoms with E-state index in [4.69, 9.17) is 0 Å². The number of hydrogen-bond donors (Lipinski definition) is 0. The lowest BCUT2D eigenvalue weighted by molar-refractivity contribution is -0.139. The number of carbonyl (C=O) groups excluding carboxylic acids is 2. The number of fused-ring (bicyclic) bond motifs is 2. The molecule has 3 amide bonds. The second kappa shape index (κ2) is 10.5. The zero-order valence-corrected chi connectivity index (χ0v) is 23.8. The Labute approximate surface area is 235 Å². The van der Waals surface area contributed by atoms with Gasteiger partial charge in [0.25, 0.3) is 0 Å². The van der Waals surface area contributed by atoms with E-state index in [1.807, 2.05) is 19.9 Å². The molecule has 1 aromatic rings. The SMILES string of the molecule is CC(C)N1C(=O)N(CC(F)(F)F)CC12CC1CCC(C2)N1C[C@H]1CN(C(=O)C2CCCC2)C[C@@H]1c1ccccc1. The van der Waals surface area contributed by atoms with E-state index >= 15 is 0 Å². The van der Waals surface area contributed by atoms with E-state index in [0.29, 0.717) is 11.8 Å². The Morgan fingerprint density at radius 2 is 1.65 bits per heavy atom. The number of likely N-dealkylation sites (tertiary alicyclic amines) is 1. The van der Waals surface area contributed by atoms with Gasteiger partial charge in [0.2, 0.25) is 5.91 Å². The largest absolute Gasteiger partial charge is 0.406 e. The number of nitrogens with zero attached hydrogens (tertiary/aromatic N) is 4. The highest BCUT2D eigenvalue weighted by Gasteiger charge is 2.59. The fourth-order valence-electron chi connectivity index (χ4n) is 9.02. The number of carbonyl (C=O) groups is 2. The smallest absolute Gasteiger partial charge is 0.341 e. The number of alkyl halides is 3. The molecule has 1 aromatic carbocycles. The average Bonchev–Trinajstić information content (AvgIpc) is 3.66. The highest BCUT2D eigenvalue weighted by molar-refractivity contribution is 5.80. The van der Waals surface area contributed by atoms with Crippen molar-refractivity contribution in [3.8, 4) is 0 Å². The lowest BCUT2D eigenvalue weighted by Crippen LogP contribution is -2.60. The molecular formula is C31H43F3N4O2. The molecule has 40 heavy (non-hydrogen) atoms. The van der Waals surface area contributed by atoms with Gasteiger partial charge in [0.1, 0.15) is 6.54 Å². The second-order valence-electron chi connectivity index (χ2n) is 13.4. The van der Waals surface area contributed by atoms with Crippen molar-refractivity contribution in [2.24, 2.45) is 11.8 Å². The first-order valence-corrected chi connectivity index (χ1v) is 15.3. The van der Waals surface area contributed by atoms with Gasteiger partial charge in [0.05, 0.1) is 5.54 Å². The summed E-state index contributed by atoms with van der Waals surface area (Å²) in [6.07, 6.45) is 3.36. The van der Waals surface area contributed by atoms with Gasteiger partial charge in [0.15, 0.2) is 0 Å². The molecule has 2 unspecified atom stereocenters. The van der Waals surface area contributed by atoms with Crippen molar-refractivity contribution in [3.05, 3.63) is 35.9 Å². The number of hydrogen-bond acceptors (Lipinski definition) is 3. The van der Waals surface area contributed by atoms with Crippen LogP contribution in [0.15, 0.2) is 30.3 Å². The van der Waals surface area contributed by atoms with Crippen LogP contribution in [0.2, 0.25) is 0 Å². The molecule has 5 aliphatic rings. The molecule has 4 atom stereocenters. The first-order chi connectivity index (χ1) is 19.0. The van der Waals surface area contributed by atoms with Crippen LogP contribution in [0, 0.1) is 11.8 Å². The fraction of sp³-hybridized carbons (Fsp3) is 0.742. The average molecular weight is 561 g/mol. The first kappa shape index (κ1) is 27.9. The van der Waals surface area contributed by atoms with E-state index in [9.17, 15) is 22.8 Å². The zero-order chi connectivity index (χ0) is 28.2. The fourth-order valence-corrected chi connectivity index (χ4v) is 9.02. The van der Waals surface area contributed by atoms with Crippen LogP contribution in [-0.2, 0) is 4.79 Å². The van der Waals surface area contributed by atoms with Crippen molar-refractivity contribution >= 4 is 11.9 Å². The molecule has 9 heteroatoms. The van der Waals surface area contributed by atoms with E-state index in [2.05, 4.69) is 34.1 Å². The van der Waals surface area contributed by atoms with Crippen molar-refractivity contribution in [3.63, 3.8) is 0 Å². The van der Waals surface area contributed by atoms with Gasteiger partial charge >= 0.3 is 12.2 Å². The van der Waals surface area contributed by atoms with Crippen LogP contribution in [0.4, 0.5) is 18.0 Å². The van der Waals surface area contributed by atoms with Gasteiger partial charge in [-0.25, -0.2) is 4.79 Å². The van der Waals surface area contributed by atoms with Crippen LogP contribution >= 0.6 is 0 Å². The molecule has 220 valence electrons. The highest BCUT2D eigenvalue weighted by Crippen LogP contribution is 2.49. The Kier molecular flexibility index (Phi) is 7.33. The summed E-state index contributed by atoms with van der Waals surface area (Å²) < 4.78 is 40.0. The number of urea groups is 1. The van der Waals surface area contributed by atoms with Crippen molar-refractivity contribution in [1.82, 2.24) is 19.6 Å². The Morgan fingerprint density at radius 1 is 1.00 bits per heavy atom. The third kappa shape index (κ3) is 5.12. The van der Waals surface area contributed by atoms with E-state index in [-0.39, 0.29) is 36.5 Å². The molecule has 4 aliphatic heterocycles. The molecule has 1 saturated carbocycles. The van der Waals surface area contributed by atoms with Crippen LogP contribution in [0.1, 0.15) is 76.7 Å². The maximum atomic E-state index is 13.4. The number of amides is 3. The summed E-state index contributed by atoms with van der Waals surface area (Å²) in [4.78, 5) is 34.2. The van der Waals surface area contributed by atoms with E-state index < -0.39 is 24.3 Å². The third-order valence-corrected chi connectivity index (χ3v) is 10.5. The normalized spacial score (nSPS) is 33.4. The van der Waals surface area contributed by atoms with Crippen LogP contribution in [-0.4, -0.2) is 94.1 Å². The summed E-state index contributed by atoms with van der Waals surface area (Å²) in [6.45, 7) is 5.24. The predicted molar refractivity (Wildman–Crippen MR) is 147 cm³/mol. The van der Waals surface area contributed by atoms with Crippen LogP contribution in [0.3, 0.4) is 0 Å². The molecule has 5 fully saturated rings. The molecule has 2 bridgehead atoms. The zero-order valence-electron chi connectivity index (χ0n) is 23.8. The predicted octanol–water partition coefficient (Wildman–Crippen LogP) is 5.49.